The van der Waals surface area contributed by atoms with E-state index in [0.29, 0.717) is 13.1 Å². The lowest BCUT2D eigenvalue weighted by Gasteiger charge is -2.11. The van der Waals surface area contributed by atoms with Gasteiger partial charge in [0.1, 0.15) is 0 Å². The van der Waals surface area contributed by atoms with Gasteiger partial charge in [0, 0.05) is 31.6 Å². The lowest BCUT2D eigenvalue weighted by atomic mass is 10.4. The molecule has 0 aromatic heterocycles. The molecule has 1 aliphatic rings. The highest BCUT2D eigenvalue weighted by Gasteiger charge is 1.91. The molecular formula is C4H10N2. The molecule has 0 atom stereocenters. The minimum atomic E-state index is -1.95. The molecule has 1 fully saturated rings. The maximum Gasteiger partial charge on any atom is 0.0441 e. The van der Waals surface area contributed by atoms with Crippen LogP contribution in [0.3, 0.4) is 0 Å². The predicted octanol–water partition coefficient (Wildman–Crippen LogP) is -0.821. The van der Waals surface area contributed by atoms with E-state index in [1.54, 1.807) is 0 Å². The zero-order chi connectivity index (χ0) is 7.83. The van der Waals surface area contributed by atoms with Crippen LogP contribution in [0.5, 0.6) is 0 Å². The summed E-state index contributed by atoms with van der Waals surface area (Å²) in [5.41, 5.74) is 0. The van der Waals surface area contributed by atoms with Gasteiger partial charge in [-0.25, -0.2) is 0 Å². The minimum absolute atomic E-state index is 0.465. The van der Waals surface area contributed by atoms with Crippen molar-refractivity contribution in [3.8, 4) is 0 Å². The van der Waals surface area contributed by atoms with E-state index < -0.39 is 13.0 Å². The maximum atomic E-state index is 7.15. The van der Waals surface area contributed by atoms with Gasteiger partial charge >= 0.3 is 0 Å². The van der Waals surface area contributed by atoms with Gasteiger partial charge in [-0.15, -0.1) is 0 Å². The van der Waals surface area contributed by atoms with Gasteiger partial charge in [0.2, 0.25) is 0 Å². The summed E-state index contributed by atoms with van der Waals surface area (Å²) in [7, 11) is 0. The number of hydrogen-bond acceptors (Lipinski definition) is 2. The molecule has 2 nitrogen and oxygen atoms in total. The molecule has 1 rings (SSSR count). The summed E-state index contributed by atoms with van der Waals surface area (Å²) in [5.74, 6) is 0. The Hall–Kier alpha value is -0.0800. The summed E-state index contributed by atoms with van der Waals surface area (Å²) in [6, 6.07) is 0. The molecule has 0 aromatic rings. The Kier molecular flexibility index (Phi) is 0.524. The monoisotopic (exact) mass is 90.1 g/mol. The molecular weight excluding hydrogens is 76.1 g/mol. The van der Waals surface area contributed by atoms with Gasteiger partial charge in [-0.2, -0.15) is 0 Å². The van der Waals surface area contributed by atoms with Gasteiger partial charge in [0.05, 0.1) is 0 Å². The van der Waals surface area contributed by atoms with E-state index in [9.17, 15) is 0 Å². The first-order chi connectivity index (χ1) is 4.46. The van der Waals surface area contributed by atoms with Crippen LogP contribution in [0.1, 0.15) is 5.48 Å². The highest BCUT2D eigenvalue weighted by molar-refractivity contribution is 4.59. The zero-order valence-electron chi connectivity index (χ0n) is 7.41. The Morgan fingerprint density at radius 1 is 1.17 bits per heavy atom. The molecule has 0 aromatic carbocycles. The van der Waals surface area contributed by atoms with Gasteiger partial charge in [-0.1, -0.05) is 0 Å². The van der Waals surface area contributed by atoms with Crippen molar-refractivity contribution in [2.45, 2.75) is 0 Å². The second-order valence-electron chi connectivity index (χ2n) is 1.10. The molecule has 1 heterocycles. The summed E-state index contributed by atoms with van der Waals surface area (Å²) in [6.45, 7) is -2.98. The number of rotatable bonds is 0. The predicted molar refractivity (Wildman–Crippen MR) is 25.7 cm³/mol. The van der Waals surface area contributed by atoms with Crippen LogP contribution in [-0.2, 0) is 0 Å². The highest BCUT2D eigenvalue weighted by Crippen LogP contribution is 1.65. The SMILES string of the molecule is [2H]C1([2H])NCCNC1([2H])[2H]. The van der Waals surface area contributed by atoms with E-state index in [4.69, 9.17) is 5.48 Å². The molecule has 0 unspecified atom stereocenters. The van der Waals surface area contributed by atoms with E-state index in [0.717, 1.165) is 0 Å². The average molecular weight is 90.2 g/mol. The fourth-order valence-corrected chi connectivity index (χ4v) is 0.338. The van der Waals surface area contributed by atoms with Crippen LogP contribution < -0.4 is 10.6 Å². The fourth-order valence-electron chi connectivity index (χ4n) is 0.338. The Balaban J connectivity index is 2.70. The smallest absolute Gasteiger partial charge is 0.0441 e. The van der Waals surface area contributed by atoms with Crippen molar-refractivity contribution >= 4 is 0 Å². The van der Waals surface area contributed by atoms with Crippen molar-refractivity contribution in [1.29, 1.82) is 0 Å². The van der Waals surface area contributed by atoms with Crippen LogP contribution in [0.4, 0.5) is 0 Å². The fraction of sp³-hybridized carbons (Fsp3) is 1.00. The Morgan fingerprint density at radius 2 is 1.67 bits per heavy atom. The first-order valence-electron chi connectivity index (χ1n) is 3.96. The summed E-state index contributed by atoms with van der Waals surface area (Å²) in [6.07, 6.45) is 0. The number of hydrogen-bond donors (Lipinski definition) is 2. The topological polar surface area (TPSA) is 24.1 Å². The van der Waals surface area contributed by atoms with Crippen molar-refractivity contribution in [3.63, 3.8) is 0 Å². The first-order valence-corrected chi connectivity index (χ1v) is 1.96. The first kappa shape index (κ1) is 1.46. The van der Waals surface area contributed by atoms with Crippen LogP contribution in [0.15, 0.2) is 0 Å². The van der Waals surface area contributed by atoms with Gasteiger partial charge in [-0.3, -0.25) is 0 Å². The molecule has 2 N–H and O–H groups in total. The highest BCUT2D eigenvalue weighted by atomic mass is 15.0. The van der Waals surface area contributed by atoms with Gasteiger partial charge in [0.15, 0.2) is 0 Å². The molecule has 1 saturated heterocycles. The molecule has 1 aliphatic heterocycles. The summed E-state index contributed by atoms with van der Waals surface area (Å²) in [4.78, 5) is 0. The van der Waals surface area contributed by atoms with Gasteiger partial charge in [-0.05, 0) is 0 Å². The molecule has 0 bridgehead atoms. The molecule has 6 heavy (non-hydrogen) atoms. The summed E-state index contributed by atoms with van der Waals surface area (Å²) < 4.78 is 28.6. The average Bonchev–Trinajstić information content (AvgIpc) is 1.77. The van der Waals surface area contributed by atoms with Crippen LogP contribution in [0.25, 0.3) is 0 Å². The van der Waals surface area contributed by atoms with E-state index in [-0.39, 0.29) is 0 Å². The van der Waals surface area contributed by atoms with Crippen LogP contribution in [0, 0.1) is 0 Å². The van der Waals surface area contributed by atoms with E-state index in [1.165, 1.54) is 0 Å². The van der Waals surface area contributed by atoms with E-state index in [1.807, 2.05) is 0 Å². The van der Waals surface area contributed by atoms with Crippen molar-refractivity contribution in [2.75, 3.05) is 26.1 Å². The Bertz CT molecular complexity index is 119. The van der Waals surface area contributed by atoms with Crippen molar-refractivity contribution in [2.24, 2.45) is 0 Å². The zero-order valence-corrected chi connectivity index (χ0v) is 3.41. The molecule has 0 aliphatic carbocycles. The molecule has 0 radical (unpaired) electrons. The standard InChI is InChI=1S/C4H10N2/c1-2-6-4-3-5-1/h5-6H,1-4H2/i1D2,2D2. The van der Waals surface area contributed by atoms with Crippen LogP contribution in [0.2, 0.25) is 0 Å². The normalized spacial score (nSPS) is 50.7. The molecule has 36 valence electrons. The summed E-state index contributed by atoms with van der Waals surface area (Å²) >= 11 is 0. The largest absolute Gasteiger partial charge is 0.314 e. The second kappa shape index (κ2) is 2.16. The Morgan fingerprint density at radius 3 is 2.00 bits per heavy atom. The van der Waals surface area contributed by atoms with Crippen molar-refractivity contribution in [1.82, 2.24) is 10.6 Å². The second-order valence-corrected chi connectivity index (χ2v) is 1.10. The van der Waals surface area contributed by atoms with E-state index >= 15 is 0 Å². The van der Waals surface area contributed by atoms with E-state index in [2.05, 4.69) is 10.6 Å². The molecule has 2 heteroatoms. The van der Waals surface area contributed by atoms with Crippen LogP contribution in [-0.4, -0.2) is 26.1 Å². The molecule has 0 saturated carbocycles. The lowest BCUT2D eigenvalue weighted by Crippen LogP contribution is -2.39. The Labute approximate surface area is 43.5 Å². The maximum absolute atomic E-state index is 7.15. The molecule has 0 spiro atoms. The minimum Gasteiger partial charge on any atom is -0.314 e. The number of nitrogens with one attached hydrogen (secondary N) is 2. The summed E-state index contributed by atoms with van der Waals surface area (Å²) in [5, 5.41) is 4.89. The third kappa shape index (κ3) is 0.954. The third-order valence-corrected chi connectivity index (χ3v) is 0.614. The molecule has 0 amide bonds. The third-order valence-electron chi connectivity index (χ3n) is 0.614. The van der Waals surface area contributed by atoms with Gasteiger partial charge in [0.25, 0.3) is 0 Å². The van der Waals surface area contributed by atoms with Crippen molar-refractivity contribution in [3.05, 3.63) is 0 Å². The van der Waals surface area contributed by atoms with Crippen molar-refractivity contribution < 1.29 is 5.48 Å². The van der Waals surface area contributed by atoms with Crippen LogP contribution >= 0.6 is 0 Å². The quantitative estimate of drug-likeness (QED) is 0.406. The lowest BCUT2D eigenvalue weighted by molar-refractivity contribution is 0.534. The van der Waals surface area contributed by atoms with Gasteiger partial charge < -0.3 is 10.6 Å². The number of piperazine rings is 1.